The van der Waals surface area contributed by atoms with Crippen LogP contribution in [-0.2, 0) is 27.8 Å². The van der Waals surface area contributed by atoms with Gasteiger partial charge in [-0.2, -0.15) is 5.10 Å². The van der Waals surface area contributed by atoms with Crippen LogP contribution in [0.25, 0.3) is 0 Å². The third kappa shape index (κ3) is 6.40. The standard InChI is InChI=1S/C23H31N5O4/c1-3-32-23(31)19-16-24-26(2)22(19)25-20(29)17-27-12-14-28(15-13-27)21(30)11-7-10-18-8-5-4-6-9-18/h4-6,8-9,16H,3,7,10-15,17H2,1-2H3,(H,25,29). The average molecular weight is 442 g/mol. The summed E-state index contributed by atoms with van der Waals surface area (Å²) in [5.74, 6) is -0.267. The van der Waals surface area contributed by atoms with E-state index in [1.54, 1.807) is 14.0 Å². The van der Waals surface area contributed by atoms with E-state index in [-0.39, 0.29) is 30.5 Å². The summed E-state index contributed by atoms with van der Waals surface area (Å²) >= 11 is 0. The zero-order valence-corrected chi connectivity index (χ0v) is 18.7. The molecule has 0 spiro atoms. The van der Waals surface area contributed by atoms with Crippen molar-refractivity contribution in [2.75, 3.05) is 44.6 Å². The molecule has 2 amide bonds. The molecular formula is C23H31N5O4. The summed E-state index contributed by atoms with van der Waals surface area (Å²) in [5.41, 5.74) is 1.48. The largest absolute Gasteiger partial charge is 0.462 e. The lowest BCUT2D eigenvalue weighted by Gasteiger charge is -2.34. The first-order chi connectivity index (χ1) is 15.5. The summed E-state index contributed by atoms with van der Waals surface area (Å²) in [6, 6.07) is 10.2. The third-order valence-electron chi connectivity index (χ3n) is 5.48. The normalized spacial score (nSPS) is 14.2. The van der Waals surface area contributed by atoms with Gasteiger partial charge in [0.05, 0.1) is 19.3 Å². The first-order valence-corrected chi connectivity index (χ1v) is 11.0. The molecule has 172 valence electrons. The van der Waals surface area contributed by atoms with Gasteiger partial charge in [-0.25, -0.2) is 4.79 Å². The Hall–Kier alpha value is -3.20. The quantitative estimate of drug-likeness (QED) is 0.595. The second kappa shape index (κ2) is 11.4. The number of nitrogens with zero attached hydrogens (tertiary/aromatic N) is 4. The highest BCUT2D eigenvalue weighted by Crippen LogP contribution is 2.16. The maximum absolute atomic E-state index is 12.5. The molecule has 0 bridgehead atoms. The fraction of sp³-hybridized carbons (Fsp3) is 0.478. The Labute approximate surface area is 188 Å². The van der Waals surface area contributed by atoms with Gasteiger partial charge in [-0.1, -0.05) is 30.3 Å². The molecule has 0 radical (unpaired) electrons. The van der Waals surface area contributed by atoms with Crippen molar-refractivity contribution < 1.29 is 19.1 Å². The lowest BCUT2D eigenvalue weighted by Crippen LogP contribution is -2.50. The van der Waals surface area contributed by atoms with Gasteiger partial charge < -0.3 is 15.0 Å². The van der Waals surface area contributed by atoms with Crippen LogP contribution in [0.2, 0.25) is 0 Å². The molecule has 1 N–H and O–H groups in total. The SMILES string of the molecule is CCOC(=O)c1cnn(C)c1NC(=O)CN1CCN(C(=O)CCCc2ccccc2)CC1. The summed E-state index contributed by atoms with van der Waals surface area (Å²) in [5, 5.41) is 6.80. The van der Waals surface area contributed by atoms with E-state index in [4.69, 9.17) is 4.74 Å². The number of carbonyl (C=O) groups is 3. The Morgan fingerprint density at radius 3 is 2.50 bits per heavy atom. The minimum absolute atomic E-state index is 0.166. The highest BCUT2D eigenvalue weighted by molar-refractivity contribution is 6.00. The Bertz CT molecular complexity index is 920. The summed E-state index contributed by atoms with van der Waals surface area (Å²) in [4.78, 5) is 40.9. The van der Waals surface area contributed by atoms with E-state index in [1.807, 2.05) is 28.0 Å². The van der Waals surface area contributed by atoms with Crippen LogP contribution in [0.4, 0.5) is 5.82 Å². The van der Waals surface area contributed by atoms with E-state index in [1.165, 1.54) is 16.4 Å². The van der Waals surface area contributed by atoms with Crippen molar-refractivity contribution in [3.05, 3.63) is 47.7 Å². The fourth-order valence-corrected chi connectivity index (χ4v) is 3.72. The average Bonchev–Trinajstić information content (AvgIpc) is 3.15. The van der Waals surface area contributed by atoms with Crippen molar-refractivity contribution in [2.45, 2.75) is 26.2 Å². The number of rotatable bonds is 9. The summed E-state index contributed by atoms with van der Waals surface area (Å²) in [6.45, 7) is 4.64. The minimum Gasteiger partial charge on any atom is -0.462 e. The van der Waals surface area contributed by atoms with Crippen molar-refractivity contribution in [1.82, 2.24) is 19.6 Å². The molecule has 2 aromatic rings. The van der Waals surface area contributed by atoms with Crippen molar-refractivity contribution in [1.29, 1.82) is 0 Å². The maximum Gasteiger partial charge on any atom is 0.343 e. The zero-order valence-electron chi connectivity index (χ0n) is 18.7. The van der Waals surface area contributed by atoms with Crippen LogP contribution >= 0.6 is 0 Å². The molecule has 3 rings (SSSR count). The number of anilines is 1. The monoisotopic (exact) mass is 441 g/mol. The number of carbonyl (C=O) groups excluding carboxylic acids is 3. The van der Waals surface area contributed by atoms with Crippen LogP contribution in [0.15, 0.2) is 36.5 Å². The highest BCUT2D eigenvalue weighted by Gasteiger charge is 2.24. The van der Waals surface area contributed by atoms with Crippen molar-refractivity contribution in [2.24, 2.45) is 7.05 Å². The van der Waals surface area contributed by atoms with Crippen LogP contribution in [0.3, 0.4) is 0 Å². The number of hydrogen-bond acceptors (Lipinski definition) is 6. The summed E-state index contributed by atoms with van der Waals surface area (Å²) in [6.07, 6.45) is 3.65. The highest BCUT2D eigenvalue weighted by atomic mass is 16.5. The lowest BCUT2D eigenvalue weighted by atomic mass is 10.1. The number of amides is 2. The molecule has 9 nitrogen and oxygen atoms in total. The number of hydrogen-bond donors (Lipinski definition) is 1. The van der Waals surface area contributed by atoms with Gasteiger partial charge in [0.25, 0.3) is 0 Å². The summed E-state index contributed by atoms with van der Waals surface area (Å²) < 4.78 is 6.45. The first-order valence-electron chi connectivity index (χ1n) is 11.0. The Morgan fingerprint density at radius 2 is 1.81 bits per heavy atom. The van der Waals surface area contributed by atoms with E-state index in [2.05, 4.69) is 22.5 Å². The predicted octanol–water partition coefficient (Wildman–Crippen LogP) is 1.70. The molecule has 0 atom stereocenters. The molecule has 0 saturated carbocycles. The number of nitrogens with one attached hydrogen (secondary N) is 1. The third-order valence-corrected chi connectivity index (χ3v) is 5.48. The molecule has 0 unspecified atom stereocenters. The van der Waals surface area contributed by atoms with E-state index < -0.39 is 5.97 Å². The number of esters is 1. The lowest BCUT2D eigenvalue weighted by molar-refractivity contribution is -0.133. The van der Waals surface area contributed by atoms with Crippen LogP contribution in [0.1, 0.15) is 35.7 Å². The van der Waals surface area contributed by atoms with Crippen LogP contribution < -0.4 is 5.32 Å². The van der Waals surface area contributed by atoms with Gasteiger partial charge in [0.15, 0.2) is 0 Å². The predicted molar refractivity (Wildman–Crippen MR) is 120 cm³/mol. The number of benzene rings is 1. The van der Waals surface area contributed by atoms with Gasteiger partial charge >= 0.3 is 5.97 Å². The molecule has 9 heteroatoms. The van der Waals surface area contributed by atoms with Crippen molar-refractivity contribution in [3.8, 4) is 0 Å². The number of ether oxygens (including phenoxy) is 1. The Morgan fingerprint density at radius 1 is 1.09 bits per heavy atom. The van der Waals surface area contributed by atoms with Gasteiger partial charge in [-0.05, 0) is 25.3 Å². The first kappa shape index (κ1) is 23.5. The van der Waals surface area contributed by atoms with E-state index >= 15 is 0 Å². The second-order valence-corrected chi connectivity index (χ2v) is 7.80. The molecule has 1 aliphatic heterocycles. The number of piperazine rings is 1. The second-order valence-electron chi connectivity index (χ2n) is 7.80. The van der Waals surface area contributed by atoms with Crippen molar-refractivity contribution in [3.63, 3.8) is 0 Å². The molecule has 1 aromatic carbocycles. The van der Waals surface area contributed by atoms with E-state index in [9.17, 15) is 14.4 Å². The molecule has 1 aromatic heterocycles. The molecule has 1 aliphatic rings. The van der Waals surface area contributed by atoms with Gasteiger partial charge in [-0.3, -0.25) is 19.2 Å². The zero-order chi connectivity index (χ0) is 22.9. The molecule has 2 heterocycles. The molecule has 1 saturated heterocycles. The van der Waals surface area contributed by atoms with Gasteiger partial charge in [-0.15, -0.1) is 0 Å². The summed E-state index contributed by atoms with van der Waals surface area (Å²) in [7, 11) is 1.65. The van der Waals surface area contributed by atoms with Crippen LogP contribution in [0.5, 0.6) is 0 Å². The maximum atomic E-state index is 12.5. The fourth-order valence-electron chi connectivity index (χ4n) is 3.72. The van der Waals surface area contributed by atoms with Gasteiger partial charge in [0.2, 0.25) is 11.8 Å². The molecule has 1 fully saturated rings. The van der Waals surface area contributed by atoms with Gasteiger partial charge in [0, 0.05) is 39.6 Å². The number of aromatic nitrogens is 2. The van der Waals surface area contributed by atoms with E-state index in [0.717, 1.165) is 12.8 Å². The Balaban J connectivity index is 1.41. The van der Waals surface area contributed by atoms with E-state index in [0.29, 0.717) is 38.4 Å². The Kier molecular flexibility index (Phi) is 8.38. The van der Waals surface area contributed by atoms with Crippen LogP contribution in [0, 0.1) is 0 Å². The smallest absolute Gasteiger partial charge is 0.343 e. The minimum atomic E-state index is -0.518. The molecule has 0 aliphatic carbocycles. The molecule has 32 heavy (non-hydrogen) atoms. The molecular weight excluding hydrogens is 410 g/mol. The van der Waals surface area contributed by atoms with Gasteiger partial charge in [0.1, 0.15) is 11.4 Å². The number of aryl methyl sites for hydroxylation is 2. The van der Waals surface area contributed by atoms with Crippen molar-refractivity contribution >= 4 is 23.6 Å². The van der Waals surface area contributed by atoms with Crippen LogP contribution in [-0.4, -0.2) is 76.7 Å². The topological polar surface area (TPSA) is 96.8 Å².